The van der Waals surface area contributed by atoms with Crippen molar-refractivity contribution in [2.24, 2.45) is 0 Å². The topological polar surface area (TPSA) is 82.2 Å². The minimum Gasteiger partial charge on any atom is -0.361 e. The molecule has 1 amide bonds. The minimum absolute atomic E-state index is 0.0545. The number of nitriles is 1. The molecule has 0 unspecified atom stereocenters. The van der Waals surface area contributed by atoms with Crippen molar-refractivity contribution in [1.29, 1.82) is 5.26 Å². The van der Waals surface area contributed by atoms with E-state index in [1.54, 1.807) is 11.3 Å². The van der Waals surface area contributed by atoms with Gasteiger partial charge in [0.1, 0.15) is 16.8 Å². The average Bonchev–Trinajstić information content (AvgIpc) is 3.07. The molecule has 1 N–H and O–H groups in total. The Morgan fingerprint density at radius 3 is 2.96 bits per heavy atom. The lowest BCUT2D eigenvalue weighted by Gasteiger charge is -2.14. The van der Waals surface area contributed by atoms with Crippen LogP contribution in [0.2, 0.25) is 0 Å². The Morgan fingerprint density at radius 1 is 1.42 bits per heavy atom. The summed E-state index contributed by atoms with van der Waals surface area (Å²) in [4.78, 5) is 15.7. The molecule has 0 saturated heterocycles. The highest BCUT2D eigenvalue weighted by Crippen LogP contribution is 2.37. The second kappa shape index (κ2) is 8.47. The van der Waals surface area contributed by atoms with Crippen LogP contribution in [0.3, 0.4) is 0 Å². The molecule has 0 aromatic carbocycles. The Hall–Kier alpha value is -2.17. The van der Waals surface area contributed by atoms with Crippen LogP contribution in [0, 0.1) is 18.3 Å². The molecule has 138 valence electrons. The minimum atomic E-state index is -0.0545. The molecular weight excluding hydrogens is 348 g/mol. The number of thiophene rings is 1. The lowest BCUT2D eigenvalue weighted by Crippen LogP contribution is -2.24. The second-order valence-electron chi connectivity index (χ2n) is 6.85. The molecule has 0 saturated carbocycles. The number of amides is 1. The molecule has 0 bridgehead atoms. The summed E-state index contributed by atoms with van der Waals surface area (Å²) in [6.07, 6.45) is 5.84. The van der Waals surface area contributed by atoms with Gasteiger partial charge in [-0.3, -0.25) is 9.69 Å². The second-order valence-corrected chi connectivity index (χ2v) is 7.95. The van der Waals surface area contributed by atoms with Crippen LogP contribution < -0.4 is 5.32 Å². The van der Waals surface area contributed by atoms with Crippen LogP contribution in [0.4, 0.5) is 5.00 Å². The summed E-state index contributed by atoms with van der Waals surface area (Å²) in [5.74, 6) is 0.730. The lowest BCUT2D eigenvalue weighted by molar-refractivity contribution is -0.116. The summed E-state index contributed by atoms with van der Waals surface area (Å²) in [5, 5.41) is 17.2. The number of anilines is 1. The van der Waals surface area contributed by atoms with Crippen molar-refractivity contribution in [3.63, 3.8) is 0 Å². The van der Waals surface area contributed by atoms with Gasteiger partial charge in [-0.15, -0.1) is 11.3 Å². The number of carbonyl (C=O) groups excluding carboxylic acids is 1. The number of nitrogens with one attached hydrogen (secondary N) is 1. The van der Waals surface area contributed by atoms with E-state index in [2.05, 4.69) is 16.5 Å². The molecule has 6 nitrogen and oxygen atoms in total. The van der Waals surface area contributed by atoms with E-state index < -0.39 is 0 Å². The van der Waals surface area contributed by atoms with Gasteiger partial charge in [0.05, 0.1) is 11.3 Å². The molecule has 0 fully saturated rings. The molecule has 0 radical (unpaired) electrons. The molecule has 3 rings (SSSR count). The zero-order valence-electron chi connectivity index (χ0n) is 15.3. The molecule has 1 aliphatic carbocycles. The van der Waals surface area contributed by atoms with Gasteiger partial charge in [0.25, 0.3) is 0 Å². The highest BCUT2D eigenvalue weighted by Gasteiger charge is 2.21. The van der Waals surface area contributed by atoms with E-state index in [4.69, 9.17) is 4.52 Å². The van der Waals surface area contributed by atoms with Crippen molar-refractivity contribution in [2.45, 2.75) is 52.0 Å². The van der Waals surface area contributed by atoms with Gasteiger partial charge in [0.15, 0.2) is 0 Å². The maximum atomic E-state index is 12.3. The van der Waals surface area contributed by atoms with Crippen LogP contribution >= 0.6 is 11.3 Å². The van der Waals surface area contributed by atoms with Crippen LogP contribution in [0.15, 0.2) is 10.6 Å². The molecule has 2 heterocycles. The monoisotopic (exact) mass is 372 g/mol. The quantitative estimate of drug-likeness (QED) is 0.783. The third kappa shape index (κ3) is 4.51. The van der Waals surface area contributed by atoms with Crippen LogP contribution in [0.5, 0.6) is 0 Å². The fourth-order valence-corrected chi connectivity index (χ4v) is 4.53. The van der Waals surface area contributed by atoms with Gasteiger partial charge < -0.3 is 9.84 Å². The Labute approximate surface area is 157 Å². The van der Waals surface area contributed by atoms with Crippen LogP contribution in [0.25, 0.3) is 0 Å². The fourth-order valence-electron chi connectivity index (χ4n) is 3.28. The molecule has 2 aromatic heterocycles. The largest absolute Gasteiger partial charge is 0.361 e. The van der Waals surface area contributed by atoms with Crippen molar-refractivity contribution >= 4 is 22.2 Å². The predicted octanol–water partition coefficient (Wildman–Crippen LogP) is 3.65. The number of aromatic nitrogens is 1. The zero-order valence-corrected chi connectivity index (χ0v) is 16.1. The Bertz CT molecular complexity index is 818. The Morgan fingerprint density at radius 2 is 2.23 bits per heavy atom. The van der Waals surface area contributed by atoms with Gasteiger partial charge in [-0.25, -0.2) is 0 Å². The van der Waals surface area contributed by atoms with Crippen molar-refractivity contribution in [3.05, 3.63) is 33.5 Å². The summed E-state index contributed by atoms with van der Waals surface area (Å²) < 4.78 is 5.06. The first-order valence-electron chi connectivity index (χ1n) is 9.02. The molecular formula is C19H24N4O2S. The molecule has 26 heavy (non-hydrogen) atoms. The summed E-state index contributed by atoms with van der Waals surface area (Å²) >= 11 is 1.58. The highest BCUT2D eigenvalue weighted by atomic mass is 32.1. The molecule has 2 aromatic rings. The molecule has 0 aliphatic heterocycles. The number of hydrogen-bond donors (Lipinski definition) is 1. The average molecular weight is 372 g/mol. The van der Waals surface area contributed by atoms with Crippen LogP contribution in [-0.4, -0.2) is 29.6 Å². The number of rotatable bonds is 6. The molecule has 0 spiro atoms. The SMILES string of the molecule is Cc1cc(CN(C)CCC(=O)Nc2sc3c(c2C#N)CCCCC3)no1. The number of aryl methyl sites for hydroxylation is 2. The van der Waals surface area contributed by atoms with Gasteiger partial charge >= 0.3 is 0 Å². The summed E-state index contributed by atoms with van der Waals surface area (Å²) in [5.41, 5.74) is 2.69. The van der Waals surface area contributed by atoms with E-state index in [-0.39, 0.29) is 5.91 Å². The van der Waals surface area contributed by atoms with Crippen molar-refractivity contribution < 1.29 is 9.32 Å². The predicted molar refractivity (Wildman–Crippen MR) is 101 cm³/mol. The first-order chi connectivity index (χ1) is 12.6. The van der Waals surface area contributed by atoms with Crippen LogP contribution in [0.1, 0.15) is 53.1 Å². The lowest BCUT2D eigenvalue weighted by atomic mass is 10.1. The van der Waals surface area contributed by atoms with Crippen LogP contribution in [-0.2, 0) is 24.2 Å². The van der Waals surface area contributed by atoms with Gasteiger partial charge in [-0.1, -0.05) is 11.6 Å². The fraction of sp³-hybridized carbons (Fsp3) is 0.526. The van der Waals surface area contributed by atoms with Gasteiger partial charge in [-0.2, -0.15) is 5.26 Å². The highest BCUT2D eigenvalue weighted by molar-refractivity contribution is 7.16. The smallest absolute Gasteiger partial charge is 0.226 e. The first kappa shape index (κ1) is 18.6. The summed E-state index contributed by atoms with van der Waals surface area (Å²) in [6, 6.07) is 4.20. The maximum absolute atomic E-state index is 12.3. The Kier molecular flexibility index (Phi) is 6.07. The third-order valence-electron chi connectivity index (χ3n) is 4.62. The van der Waals surface area contributed by atoms with Gasteiger partial charge in [0, 0.05) is 30.5 Å². The summed E-state index contributed by atoms with van der Waals surface area (Å²) in [7, 11) is 1.95. The molecule has 1 aliphatic rings. The van der Waals surface area contributed by atoms with Gasteiger partial charge in [-0.05, 0) is 45.2 Å². The van der Waals surface area contributed by atoms with Crippen molar-refractivity contribution in [2.75, 3.05) is 18.9 Å². The Balaban J connectivity index is 1.55. The van der Waals surface area contributed by atoms with Crippen molar-refractivity contribution in [3.8, 4) is 6.07 Å². The van der Waals surface area contributed by atoms with E-state index in [1.165, 1.54) is 11.3 Å². The number of carbonyl (C=O) groups is 1. The maximum Gasteiger partial charge on any atom is 0.226 e. The molecule has 0 atom stereocenters. The van der Waals surface area contributed by atoms with Gasteiger partial charge in [0.2, 0.25) is 5.91 Å². The molecule has 7 heteroatoms. The van der Waals surface area contributed by atoms with E-state index in [9.17, 15) is 10.1 Å². The number of nitrogens with zero attached hydrogens (tertiary/aromatic N) is 3. The van der Waals surface area contributed by atoms with E-state index in [1.807, 2.05) is 24.9 Å². The van der Waals surface area contributed by atoms with E-state index in [0.717, 1.165) is 47.7 Å². The summed E-state index contributed by atoms with van der Waals surface area (Å²) in [6.45, 7) is 3.12. The van der Waals surface area contributed by atoms with E-state index >= 15 is 0 Å². The number of hydrogen-bond acceptors (Lipinski definition) is 6. The van der Waals surface area contributed by atoms with E-state index in [0.29, 0.717) is 25.1 Å². The normalized spacial score (nSPS) is 13.9. The third-order valence-corrected chi connectivity index (χ3v) is 5.82. The number of fused-ring (bicyclic) bond motifs is 1. The zero-order chi connectivity index (χ0) is 18.5. The van der Waals surface area contributed by atoms with Crippen molar-refractivity contribution in [1.82, 2.24) is 10.1 Å². The standard InChI is InChI=1S/C19H24N4O2S/c1-13-10-14(22-25-13)12-23(2)9-8-18(24)21-19-16(11-20)15-6-4-3-5-7-17(15)26-19/h10H,3-9,12H2,1-2H3,(H,21,24). The first-order valence-corrected chi connectivity index (χ1v) is 9.83.